The van der Waals surface area contributed by atoms with Crippen LogP contribution in [-0.4, -0.2) is 79.9 Å². The second kappa shape index (κ2) is 9.92. The zero-order valence-corrected chi connectivity index (χ0v) is 17.2. The van der Waals surface area contributed by atoms with Crippen molar-refractivity contribution in [2.24, 2.45) is 5.92 Å². The Hall–Kier alpha value is -2.08. The third kappa shape index (κ3) is 5.71. The lowest BCUT2D eigenvalue weighted by Crippen LogP contribution is -2.49. The summed E-state index contributed by atoms with van der Waals surface area (Å²) < 4.78 is 5.54. The van der Waals surface area contributed by atoms with Gasteiger partial charge in [-0.15, -0.1) is 0 Å². The second-order valence-electron chi connectivity index (χ2n) is 8.20. The molecule has 2 amide bonds. The first-order chi connectivity index (χ1) is 13.5. The van der Waals surface area contributed by atoms with E-state index in [2.05, 4.69) is 4.90 Å². The van der Waals surface area contributed by atoms with Crippen LogP contribution >= 0.6 is 0 Å². The molecule has 28 heavy (non-hydrogen) atoms. The van der Waals surface area contributed by atoms with Crippen LogP contribution in [0.4, 0.5) is 0 Å². The quantitative estimate of drug-likeness (QED) is 0.753. The minimum absolute atomic E-state index is 0.0233. The molecule has 1 saturated heterocycles. The van der Waals surface area contributed by atoms with Gasteiger partial charge in [0.05, 0.1) is 0 Å². The molecule has 154 valence electrons. The number of ether oxygens (including phenoxy) is 1. The molecule has 1 aliphatic heterocycles. The van der Waals surface area contributed by atoms with Crippen molar-refractivity contribution in [3.05, 3.63) is 29.8 Å². The fraction of sp³-hybridized carbons (Fsp3) is 0.636. The molecule has 0 atom stereocenters. The van der Waals surface area contributed by atoms with Gasteiger partial charge in [-0.25, -0.2) is 0 Å². The summed E-state index contributed by atoms with van der Waals surface area (Å²) in [4.78, 5) is 30.5. The van der Waals surface area contributed by atoms with Crippen LogP contribution in [0.1, 0.15) is 42.5 Å². The van der Waals surface area contributed by atoms with Gasteiger partial charge in [0, 0.05) is 52.4 Å². The Morgan fingerprint density at radius 1 is 1.07 bits per heavy atom. The molecule has 2 aliphatic rings. The maximum Gasteiger partial charge on any atom is 0.259 e. The lowest BCUT2D eigenvalue weighted by molar-refractivity contribution is -0.130. The molecule has 1 aromatic carbocycles. The number of rotatable bonds is 6. The summed E-state index contributed by atoms with van der Waals surface area (Å²) in [5.74, 6) is 1.33. The van der Waals surface area contributed by atoms with Gasteiger partial charge in [0.25, 0.3) is 11.8 Å². The summed E-state index contributed by atoms with van der Waals surface area (Å²) in [6.45, 7) is 4.62. The van der Waals surface area contributed by atoms with Crippen LogP contribution in [0, 0.1) is 5.92 Å². The summed E-state index contributed by atoms with van der Waals surface area (Å²) in [5.41, 5.74) is 0.621. The SMILES string of the molecule is CN(C)C(=O)COc1cccc(C(=O)N2CCN(CC3CCCCC3)CC2)c1. The summed E-state index contributed by atoms with van der Waals surface area (Å²) in [6, 6.07) is 7.14. The van der Waals surface area contributed by atoms with E-state index in [1.54, 1.807) is 26.2 Å². The first-order valence-electron chi connectivity index (χ1n) is 10.5. The van der Waals surface area contributed by atoms with Gasteiger partial charge in [0.15, 0.2) is 6.61 Å². The van der Waals surface area contributed by atoms with Crippen LogP contribution in [-0.2, 0) is 4.79 Å². The van der Waals surface area contributed by atoms with Crippen LogP contribution in [0.5, 0.6) is 5.75 Å². The highest BCUT2D eigenvalue weighted by atomic mass is 16.5. The predicted molar refractivity (Wildman–Crippen MR) is 110 cm³/mol. The van der Waals surface area contributed by atoms with E-state index in [4.69, 9.17) is 4.74 Å². The summed E-state index contributed by atoms with van der Waals surface area (Å²) in [7, 11) is 3.39. The van der Waals surface area contributed by atoms with Crippen molar-refractivity contribution < 1.29 is 14.3 Å². The van der Waals surface area contributed by atoms with Gasteiger partial charge in [-0.3, -0.25) is 14.5 Å². The van der Waals surface area contributed by atoms with Gasteiger partial charge in [0.2, 0.25) is 0 Å². The third-order valence-electron chi connectivity index (χ3n) is 5.84. The molecule has 6 nitrogen and oxygen atoms in total. The van der Waals surface area contributed by atoms with Gasteiger partial charge >= 0.3 is 0 Å². The molecule has 0 bridgehead atoms. The molecule has 1 aromatic rings. The van der Waals surface area contributed by atoms with Crippen molar-refractivity contribution >= 4 is 11.8 Å². The Morgan fingerprint density at radius 2 is 1.79 bits per heavy atom. The maximum atomic E-state index is 12.9. The topological polar surface area (TPSA) is 53.1 Å². The van der Waals surface area contributed by atoms with E-state index < -0.39 is 0 Å². The number of benzene rings is 1. The fourth-order valence-electron chi connectivity index (χ4n) is 4.04. The van der Waals surface area contributed by atoms with Gasteiger partial charge < -0.3 is 14.5 Å². The highest BCUT2D eigenvalue weighted by Crippen LogP contribution is 2.25. The summed E-state index contributed by atoms with van der Waals surface area (Å²) in [5, 5.41) is 0. The molecule has 0 spiro atoms. The van der Waals surface area contributed by atoms with Gasteiger partial charge in [-0.05, 0) is 37.0 Å². The Kier molecular flexibility index (Phi) is 7.31. The largest absolute Gasteiger partial charge is 0.484 e. The molecule has 1 heterocycles. The number of hydrogen-bond donors (Lipinski definition) is 0. The molecule has 3 rings (SSSR count). The van der Waals surface area contributed by atoms with Gasteiger partial charge in [-0.1, -0.05) is 25.3 Å². The second-order valence-corrected chi connectivity index (χ2v) is 8.20. The number of nitrogens with zero attached hydrogens (tertiary/aromatic N) is 3. The van der Waals surface area contributed by atoms with Crippen LogP contribution < -0.4 is 4.74 Å². The highest BCUT2D eigenvalue weighted by molar-refractivity contribution is 5.94. The van der Waals surface area contributed by atoms with E-state index in [1.165, 1.54) is 43.5 Å². The standard InChI is InChI=1S/C22H33N3O3/c1-23(2)21(26)17-28-20-10-6-9-19(15-20)22(27)25-13-11-24(12-14-25)16-18-7-4-3-5-8-18/h6,9-10,15,18H,3-5,7-8,11-14,16-17H2,1-2H3. The van der Waals surface area contributed by atoms with Gasteiger partial charge in [0.1, 0.15) is 5.75 Å². The maximum absolute atomic E-state index is 12.9. The van der Waals surface area contributed by atoms with Crippen LogP contribution in [0.15, 0.2) is 24.3 Å². The molecular formula is C22H33N3O3. The molecular weight excluding hydrogens is 354 g/mol. The van der Waals surface area contributed by atoms with Crippen molar-refractivity contribution in [1.82, 2.24) is 14.7 Å². The predicted octanol–water partition coefficient (Wildman–Crippen LogP) is 2.49. The molecule has 6 heteroatoms. The highest BCUT2D eigenvalue weighted by Gasteiger charge is 2.24. The lowest BCUT2D eigenvalue weighted by Gasteiger charge is -2.37. The molecule has 0 unspecified atom stereocenters. The van der Waals surface area contributed by atoms with Crippen LogP contribution in [0.25, 0.3) is 0 Å². The monoisotopic (exact) mass is 387 g/mol. The molecule has 2 fully saturated rings. The summed E-state index contributed by atoms with van der Waals surface area (Å²) in [6.07, 6.45) is 6.87. The van der Waals surface area contributed by atoms with Crippen molar-refractivity contribution in [2.75, 3.05) is 53.4 Å². The van der Waals surface area contributed by atoms with Crippen LogP contribution in [0.2, 0.25) is 0 Å². The number of amides is 2. The van der Waals surface area contributed by atoms with E-state index >= 15 is 0 Å². The average Bonchev–Trinajstić information content (AvgIpc) is 2.73. The molecule has 1 aliphatic carbocycles. The van der Waals surface area contributed by atoms with Crippen molar-refractivity contribution in [1.29, 1.82) is 0 Å². The molecule has 0 N–H and O–H groups in total. The zero-order valence-electron chi connectivity index (χ0n) is 17.2. The first kappa shape index (κ1) is 20.6. The minimum Gasteiger partial charge on any atom is -0.484 e. The van der Waals surface area contributed by atoms with Crippen molar-refractivity contribution in [3.63, 3.8) is 0 Å². The number of carbonyl (C=O) groups excluding carboxylic acids is 2. The third-order valence-corrected chi connectivity index (χ3v) is 5.84. The zero-order chi connectivity index (χ0) is 19.9. The van der Waals surface area contributed by atoms with E-state index in [0.717, 1.165) is 32.1 Å². The molecule has 0 aromatic heterocycles. The number of carbonyl (C=O) groups is 2. The van der Waals surface area contributed by atoms with E-state index in [0.29, 0.717) is 11.3 Å². The Bertz CT molecular complexity index is 663. The van der Waals surface area contributed by atoms with Crippen molar-refractivity contribution in [2.45, 2.75) is 32.1 Å². The minimum atomic E-state index is -0.106. The summed E-state index contributed by atoms with van der Waals surface area (Å²) >= 11 is 0. The smallest absolute Gasteiger partial charge is 0.259 e. The van der Waals surface area contributed by atoms with Gasteiger partial charge in [-0.2, -0.15) is 0 Å². The lowest BCUT2D eigenvalue weighted by atomic mass is 9.89. The number of likely N-dealkylation sites (N-methyl/N-ethyl adjacent to an activating group) is 1. The van der Waals surface area contributed by atoms with E-state index in [9.17, 15) is 9.59 Å². The van der Waals surface area contributed by atoms with E-state index in [1.807, 2.05) is 17.0 Å². The molecule has 0 radical (unpaired) electrons. The van der Waals surface area contributed by atoms with Crippen molar-refractivity contribution in [3.8, 4) is 5.75 Å². The Balaban J connectivity index is 1.49. The Labute approximate surface area is 168 Å². The number of piperazine rings is 1. The number of hydrogen-bond acceptors (Lipinski definition) is 4. The molecule has 1 saturated carbocycles. The van der Waals surface area contributed by atoms with E-state index in [-0.39, 0.29) is 18.4 Å². The normalized spacial score (nSPS) is 18.7. The fourth-order valence-corrected chi connectivity index (χ4v) is 4.04. The van der Waals surface area contributed by atoms with Crippen LogP contribution in [0.3, 0.4) is 0 Å². The average molecular weight is 388 g/mol. The first-order valence-corrected chi connectivity index (χ1v) is 10.5. The Morgan fingerprint density at radius 3 is 2.46 bits per heavy atom.